The number of fused-ring (bicyclic) bond motifs is 6. The van der Waals surface area contributed by atoms with Crippen LogP contribution in [0, 0.1) is 0 Å². The van der Waals surface area contributed by atoms with Gasteiger partial charge in [0.25, 0.3) is 0 Å². The van der Waals surface area contributed by atoms with Gasteiger partial charge in [-0.3, -0.25) is 0 Å². The van der Waals surface area contributed by atoms with E-state index in [-0.39, 0.29) is 0 Å². The van der Waals surface area contributed by atoms with Gasteiger partial charge in [-0.05, 0) is 51.9 Å². The first-order valence-electron chi connectivity index (χ1n) is 14.8. The van der Waals surface area contributed by atoms with Crippen LogP contribution in [0.25, 0.3) is 92.0 Å². The highest BCUT2D eigenvalue weighted by Crippen LogP contribution is 2.45. The molecule has 0 aliphatic heterocycles. The average Bonchev–Trinajstić information content (AvgIpc) is 3.64. The quantitative estimate of drug-likeness (QED) is 0.196. The maximum Gasteiger partial charge on any atom is 0.161 e. The van der Waals surface area contributed by atoms with Crippen LogP contribution in [0.2, 0.25) is 0 Å². The molecule has 4 heteroatoms. The maximum atomic E-state index is 5.20. The summed E-state index contributed by atoms with van der Waals surface area (Å²) in [5.74, 6) is 0.754. The minimum atomic E-state index is 0.754. The Morgan fingerprint density at radius 2 is 1.05 bits per heavy atom. The van der Waals surface area contributed by atoms with Crippen molar-refractivity contribution in [1.29, 1.82) is 0 Å². The summed E-state index contributed by atoms with van der Waals surface area (Å²) in [7, 11) is 0. The summed E-state index contributed by atoms with van der Waals surface area (Å²) >= 11 is 1.74. The molecule has 10 aromatic rings. The zero-order valence-electron chi connectivity index (χ0n) is 23.5. The number of benzene rings is 7. The molecule has 0 saturated carbocycles. The van der Waals surface area contributed by atoms with E-state index in [4.69, 9.17) is 9.97 Å². The number of rotatable bonds is 3. The highest BCUT2D eigenvalue weighted by atomic mass is 32.1. The van der Waals surface area contributed by atoms with E-state index in [0.717, 1.165) is 38.5 Å². The van der Waals surface area contributed by atoms with Crippen molar-refractivity contribution < 1.29 is 0 Å². The second kappa shape index (κ2) is 8.96. The molecule has 0 aliphatic rings. The molecule has 0 atom stereocenters. The largest absolute Gasteiger partial charge is 0.309 e. The summed E-state index contributed by atoms with van der Waals surface area (Å²) < 4.78 is 3.65. The van der Waals surface area contributed by atoms with Gasteiger partial charge in [0, 0.05) is 43.1 Å². The van der Waals surface area contributed by atoms with E-state index in [1.807, 2.05) is 18.2 Å². The fourth-order valence-corrected chi connectivity index (χ4v) is 8.17. The Kier molecular flexibility index (Phi) is 4.87. The molecule has 3 aromatic heterocycles. The summed E-state index contributed by atoms with van der Waals surface area (Å²) in [5.41, 5.74) is 6.68. The fourth-order valence-electron chi connectivity index (χ4n) is 7.11. The van der Waals surface area contributed by atoms with Crippen molar-refractivity contribution in [1.82, 2.24) is 14.5 Å². The van der Waals surface area contributed by atoms with E-state index >= 15 is 0 Å². The molecule has 0 unspecified atom stereocenters. The number of thiophene rings is 1. The summed E-state index contributed by atoms with van der Waals surface area (Å²) in [6.45, 7) is 0. The molecule has 10 rings (SSSR count). The van der Waals surface area contributed by atoms with Gasteiger partial charge in [-0.15, -0.1) is 11.3 Å². The Balaban J connectivity index is 1.30. The van der Waals surface area contributed by atoms with Crippen LogP contribution >= 0.6 is 11.3 Å². The molecular weight excluding hydrogens is 555 g/mol. The SMILES string of the molecule is c1ccc(-c2nc(-c3ccccc3)c3c(n2)sc2ccc(-n4c5cccc6c7ccccc7c7cccc4c7c65)cc23)cc1. The van der Waals surface area contributed by atoms with Crippen molar-refractivity contribution in [3.05, 3.63) is 140 Å². The lowest BCUT2D eigenvalue weighted by molar-refractivity contribution is 1.19. The third-order valence-corrected chi connectivity index (χ3v) is 10.0. The smallest absolute Gasteiger partial charge is 0.161 e. The molecule has 0 saturated heterocycles. The zero-order valence-corrected chi connectivity index (χ0v) is 24.3. The Morgan fingerprint density at radius 3 is 1.70 bits per heavy atom. The van der Waals surface area contributed by atoms with Crippen molar-refractivity contribution in [3.8, 4) is 28.3 Å². The van der Waals surface area contributed by atoms with Gasteiger partial charge in [0.05, 0.1) is 16.7 Å². The van der Waals surface area contributed by atoms with E-state index < -0.39 is 0 Å². The van der Waals surface area contributed by atoms with Crippen LogP contribution in [0.15, 0.2) is 140 Å². The molecule has 0 spiro atoms. The van der Waals surface area contributed by atoms with E-state index in [2.05, 4.69) is 126 Å². The van der Waals surface area contributed by atoms with Crippen molar-refractivity contribution in [2.24, 2.45) is 0 Å². The second-order valence-electron chi connectivity index (χ2n) is 11.4. The van der Waals surface area contributed by atoms with E-state index in [0.29, 0.717) is 0 Å². The molecule has 0 amide bonds. The monoisotopic (exact) mass is 577 g/mol. The normalized spacial score (nSPS) is 12.1. The summed E-state index contributed by atoms with van der Waals surface area (Å²) in [4.78, 5) is 11.3. The van der Waals surface area contributed by atoms with Crippen molar-refractivity contribution >= 4 is 75.0 Å². The van der Waals surface area contributed by atoms with Crippen LogP contribution in [0.5, 0.6) is 0 Å². The first-order valence-corrected chi connectivity index (χ1v) is 15.7. The average molecular weight is 578 g/mol. The molecule has 0 bridgehead atoms. The first kappa shape index (κ1) is 23.9. The van der Waals surface area contributed by atoms with Crippen LogP contribution in [0.3, 0.4) is 0 Å². The lowest BCUT2D eigenvalue weighted by atomic mass is 9.95. The maximum absolute atomic E-state index is 5.20. The number of hydrogen-bond acceptors (Lipinski definition) is 3. The molecule has 7 aromatic carbocycles. The number of nitrogens with zero attached hydrogens (tertiary/aromatic N) is 3. The zero-order chi connectivity index (χ0) is 28.8. The summed E-state index contributed by atoms with van der Waals surface area (Å²) in [5, 5.41) is 10.1. The van der Waals surface area contributed by atoms with Gasteiger partial charge in [-0.25, -0.2) is 9.97 Å². The standard InChI is InChI=1S/C40H23N3S/c1-3-11-24(12-4-1)38-37-31-23-26(21-22-34(31)44-40(37)42-39(41-38)25-13-5-2-6-14-25)43-32-19-9-17-29-27-15-7-8-16-28(27)30-18-10-20-33(43)36(30)35(29)32/h1-23H. The van der Waals surface area contributed by atoms with Crippen LogP contribution in [0.4, 0.5) is 0 Å². The third-order valence-electron chi connectivity index (χ3n) is 8.98. The van der Waals surface area contributed by atoms with Gasteiger partial charge in [0.1, 0.15) is 4.83 Å². The molecule has 204 valence electrons. The minimum Gasteiger partial charge on any atom is -0.309 e. The van der Waals surface area contributed by atoms with E-state index in [1.54, 1.807) is 11.3 Å². The Hall–Kier alpha value is -5.58. The van der Waals surface area contributed by atoms with Crippen LogP contribution in [-0.2, 0) is 0 Å². The molecule has 0 fully saturated rings. The predicted molar refractivity (Wildman–Crippen MR) is 186 cm³/mol. The molecule has 3 nitrogen and oxygen atoms in total. The number of hydrogen-bond donors (Lipinski definition) is 0. The van der Waals surface area contributed by atoms with Gasteiger partial charge in [0.2, 0.25) is 0 Å². The molecule has 44 heavy (non-hydrogen) atoms. The lowest BCUT2D eigenvalue weighted by Crippen LogP contribution is -1.94. The highest BCUT2D eigenvalue weighted by Gasteiger charge is 2.21. The van der Waals surface area contributed by atoms with Gasteiger partial charge >= 0.3 is 0 Å². The van der Waals surface area contributed by atoms with Crippen LogP contribution in [-0.4, -0.2) is 14.5 Å². The van der Waals surface area contributed by atoms with Gasteiger partial charge in [-0.2, -0.15) is 0 Å². The Labute approximate surface area is 256 Å². The Bertz CT molecular complexity index is 2620. The topological polar surface area (TPSA) is 30.7 Å². The summed E-state index contributed by atoms with van der Waals surface area (Å²) in [6, 6.07) is 49.9. The minimum absolute atomic E-state index is 0.754. The van der Waals surface area contributed by atoms with Gasteiger partial charge < -0.3 is 4.57 Å². The van der Waals surface area contributed by atoms with Crippen LogP contribution in [0.1, 0.15) is 0 Å². The van der Waals surface area contributed by atoms with E-state index in [1.165, 1.54) is 53.4 Å². The van der Waals surface area contributed by atoms with Gasteiger partial charge in [0.15, 0.2) is 5.82 Å². The lowest BCUT2D eigenvalue weighted by Gasteiger charge is -2.10. The summed E-state index contributed by atoms with van der Waals surface area (Å²) in [6.07, 6.45) is 0. The fraction of sp³-hybridized carbons (Fsp3) is 0. The third kappa shape index (κ3) is 3.26. The molecule has 0 N–H and O–H groups in total. The molecule has 3 heterocycles. The van der Waals surface area contributed by atoms with E-state index in [9.17, 15) is 0 Å². The Morgan fingerprint density at radius 1 is 0.455 bits per heavy atom. The predicted octanol–water partition coefficient (Wildman–Crippen LogP) is 11.0. The first-order chi connectivity index (χ1) is 21.8. The highest BCUT2D eigenvalue weighted by molar-refractivity contribution is 7.25. The van der Waals surface area contributed by atoms with Gasteiger partial charge in [-0.1, -0.05) is 109 Å². The van der Waals surface area contributed by atoms with Crippen molar-refractivity contribution in [3.63, 3.8) is 0 Å². The second-order valence-corrected chi connectivity index (χ2v) is 12.4. The molecule has 0 aliphatic carbocycles. The molecule has 0 radical (unpaired) electrons. The number of aromatic nitrogens is 3. The van der Waals surface area contributed by atoms with Crippen molar-refractivity contribution in [2.75, 3.05) is 0 Å². The van der Waals surface area contributed by atoms with Crippen LogP contribution < -0.4 is 0 Å². The molecular formula is C40H23N3S. The van der Waals surface area contributed by atoms with Crippen molar-refractivity contribution in [2.45, 2.75) is 0 Å².